The summed E-state index contributed by atoms with van der Waals surface area (Å²) in [5, 5.41) is 0. The zero-order valence-corrected chi connectivity index (χ0v) is 16.7. The summed E-state index contributed by atoms with van der Waals surface area (Å²) in [7, 11) is -4.29. The third-order valence-corrected chi connectivity index (χ3v) is 28.4. The molecule has 19 heavy (non-hydrogen) atoms. The smallest absolute Gasteiger partial charge is 0.171 e. The average Bonchev–Trinajstić information content (AvgIpc) is 2.23. The van der Waals surface area contributed by atoms with E-state index in [-0.39, 0.29) is 0 Å². The van der Waals surface area contributed by atoms with Crippen LogP contribution in [0, 0.1) is 0 Å². The monoisotopic (exact) mass is 328 g/mol. The molecule has 0 bridgehead atoms. The van der Waals surface area contributed by atoms with Crippen molar-refractivity contribution in [2.45, 2.75) is 83.0 Å². The van der Waals surface area contributed by atoms with Crippen molar-refractivity contribution < 1.29 is 13.2 Å². The Morgan fingerprint density at radius 1 is 0.737 bits per heavy atom. The van der Waals surface area contributed by atoms with E-state index >= 15 is 0 Å². The maximum absolute atomic E-state index is 12.4. The molecule has 0 amide bonds. The number of halogens is 3. The van der Waals surface area contributed by atoms with Gasteiger partial charge in [-0.2, -0.15) is 13.2 Å². The Morgan fingerprint density at radius 2 is 1.16 bits per heavy atom. The predicted octanol–water partition coefficient (Wildman–Crippen LogP) is 6.16. The standard InChI is InChI=1S/C13H31F3Si3/c1-8-17(2,3)11-12-19(6,7)18(4,5)10-9-13(14,15)16/h8-12H2,1-7H3. The SMILES string of the molecule is CC[Si](C)(C)CC[Si](C)(C)[Si](C)(C)CCC(F)(F)F. The van der Waals surface area contributed by atoms with Gasteiger partial charge in [-0.1, -0.05) is 70.4 Å². The van der Waals surface area contributed by atoms with Crippen molar-refractivity contribution in [1.82, 2.24) is 0 Å². The molecule has 0 saturated carbocycles. The Hall–Kier alpha value is 0.441. The molecular weight excluding hydrogens is 297 g/mol. The topological polar surface area (TPSA) is 0 Å². The maximum atomic E-state index is 12.4. The lowest BCUT2D eigenvalue weighted by molar-refractivity contribution is -0.130. The first-order valence-electron chi connectivity index (χ1n) is 7.29. The molecule has 0 aromatic carbocycles. The molecule has 0 aromatic heterocycles. The van der Waals surface area contributed by atoms with Crippen LogP contribution in [0.15, 0.2) is 0 Å². The van der Waals surface area contributed by atoms with Crippen LogP contribution >= 0.6 is 0 Å². The van der Waals surface area contributed by atoms with E-state index in [0.717, 1.165) is 0 Å². The Morgan fingerprint density at radius 3 is 1.53 bits per heavy atom. The minimum Gasteiger partial charge on any atom is -0.171 e. The van der Waals surface area contributed by atoms with Crippen LogP contribution in [0.1, 0.15) is 13.3 Å². The molecule has 0 aliphatic carbocycles. The summed E-state index contributed by atoms with van der Waals surface area (Å²) in [6, 6.07) is 4.23. The van der Waals surface area contributed by atoms with Gasteiger partial charge in [-0.05, 0) is 0 Å². The van der Waals surface area contributed by atoms with E-state index < -0.39 is 35.9 Å². The lowest BCUT2D eigenvalue weighted by Crippen LogP contribution is -2.55. The number of rotatable bonds is 7. The molecule has 0 N–H and O–H groups in total. The minimum atomic E-state index is -3.98. The normalized spacial score (nSPS) is 14.8. The molecule has 0 unspecified atom stereocenters. The zero-order valence-electron chi connectivity index (χ0n) is 13.7. The molecule has 0 nitrogen and oxygen atoms in total. The van der Waals surface area contributed by atoms with Crippen LogP contribution in [-0.4, -0.2) is 29.4 Å². The highest BCUT2D eigenvalue weighted by Crippen LogP contribution is 2.35. The second-order valence-corrected chi connectivity index (χ2v) is 30.1. The largest absolute Gasteiger partial charge is 0.388 e. The number of hydrogen-bond acceptors (Lipinski definition) is 0. The summed E-state index contributed by atoms with van der Waals surface area (Å²) in [4.78, 5) is 0. The van der Waals surface area contributed by atoms with Crippen LogP contribution in [0.4, 0.5) is 13.2 Å². The molecule has 6 heteroatoms. The van der Waals surface area contributed by atoms with Crippen molar-refractivity contribution in [3.05, 3.63) is 0 Å². The summed E-state index contributed by atoms with van der Waals surface area (Å²) < 4.78 is 37.3. The van der Waals surface area contributed by atoms with Crippen LogP contribution < -0.4 is 0 Å². The summed E-state index contributed by atoms with van der Waals surface area (Å²) in [5.74, 6) is 0. The van der Waals surface area contributed by atoms with Gasteiger partial charge >= 0.3 is 6.18 Å². The van der Waals surface area contributed by atoms with Crippen LogP contribution in [-0.2, 0) is 0 Å². The van der Waals surface area contributed by atoms with Gasteiger partial charge in [-0.15, -0.1) is 0 Å². The highest BCUT2D eigenvalue weighted by atomic mass is 29.3. The Labute approximate surface area is 120 Å². The molecule has 0 fully saturated rings. The summed E-state index contributed by atoms with van der Waals surface area (Å²) in [6.07, 6.45) is -4.55. The molecule has 0 saturated heterocycles. The summed E-state index contributed by atoms with van der Waals surface area (Å²) in [6.45, 7) is 16.1. The van der Waals surface area contributed by atoms with Crippen LogP contribution in [0.3, 0.4) is 0 Å². The van der Waals surface area contributed by atoms with Gasteiger partial charge in [0.15, 0.2) is 0 Å². The van der Waals surface area contributed by atoms with E-state index in [0.29, 0.717) is 6.04 Å². The number of alkyl halides is 3. The molecule has 0 aliphatic heterocycles. The predicted molar refractivity (Wildman–Crippen MR) is 88.0 cm³/mol. The zero-order chi connectivity index (χ0) is 15.5. The van der Waals surface area contributed by atoms with Gasteiger partial charge in [0.05, 0.1) is 0 Å². The second-order valence-electron chi connectivity index (χ2n) is 7.90. The molecule has 0 rings (SSSR count). The summed E-state index contributed by atoms with van der Waals surface area (Å²) >= 11 is 0. The van der Waals surface area contributed by atoms with E-state index in [2.05, 4.69) is 46.2 Å². The van der Waals surface area contributed by atoms with Crippen molar-refractivity contribution in [1.29, 1.82) is 0 Å². The van der Waals surface area contributed by atoms with Crippen molar-refractivity contribution in [2.24, 2.45) is 0 Å². The Kier molecular flexibility index (Phi) is 6.62. The van der Waals surface area contributed by atoms with Crippen LogP contribution in [0.5, 0.6) is 0 Å². The second kappa shape index (κ2) is 6.47. The molecule has 0 heterocycles. The lowest BCUT2D eigenvalue weighted by Gasteiger charge is -2.40. The molecule has 0 atom stereocenters. The van der Waals surface area contributed by atoms with Gasteiger partial charge in [-0.25, -0.2) is 0 Å². The lowest BCUT2D eigenvalue weighted by atomic mass is 10.5. The van der Waals surface area contributed by atoms with Crippen molar-refractivity contribution >= 4 is 23.3 Å². The average molecular weight is 329 g/mol. The fourth-order valence-corrected chi connectivity index (χ4v) is 15.3. The van der Waals surface area contributed by atoms with Crippen molar-refractivity contribution in [2.75, 3.05) is 0 Å². The van der Waals surface area contributed by atoms with Gasteiger partial charge in [0.1, 0.15) is 0 Å². The highest BCUT2D eigenvalue weighted by Gasteiger charge is 2.43. The van der Waals surface area contributed by atoms with Gasteiger partial charge < -0.3 is 0 Å². The van der Waals surface area contributed by atoms with Crippen LogP contribution in [0.25, 0.3) is 0 Å². The fourth-order valence-electron chi connectivity index (χ4n) is 1.96. The highest BCUT2D eigenvalue weighted by molar-refractivity contribution is 7.40. The fraction of sp³-hybridized carbons (Fsp3) is 1.00. The van der Waals surface area contributed by atoms with Crippen molar-refractivity contribution in [3.8, 4) is 0 Å². The first kappa shape index (κ1) is 19.4. The first-order chi connectivity index (χ1) is 8.22. The Bertz CT molecular complexity index is 283. The van der Waals surface area contributed by atoms with Gasteiger partial charge in [0.25, 0.3) is 0 Å². The first-order valence-corrected chi connectivity index (χ1v) is 18.1. The van der Waals surface area contributed by atoms with Gasteiger partial charge in [0, 0.05) is 29.7 Å². The molecule has 116 valence electrons. The molecular formula is C13H31F3Si3. The summed E-state index contributed by atoms with van der Waals surface area (Å²) in [5.41, 5.74) is 0. The third kappa shape index (κ3) is 7.13. The van der Waals surface area contributed by atoms with Gasteiger partial charge in [0.2, 0.25) is 0 Å². The minimum absolute atomic E-state index is 0.420. The van der Waals surface area contributed by atoms with E-state index in [1.807, 2.05) is 0 Å². The molecule has 0 radical (unpaired) electrons. The maximum Gasteiger partial charge on any atom is 0.388 e. The van der Waals surface area contributed by atoms with Crippen LogP contribution in [0.2, 0.25) is 63.5 Å². The van der Waals surface area contributed by atoms with Crippen molar-refractivity contribution in [3.63, 3.8) is 0 Å². The molecule has 0 spiro atoms. The van der Waals surface area contributed by atoms with E-state index in [4.69, 9.17) is 0 Å². The van der Waals surface area contributed by atoms with Gasteiger partial charge in [-0.3, -0.25) is 0 Å². The third-order valence-electron chi connectivity index (χ3n) is 5.25. The Balaban J connectivity index is 4.60. The molecule has 0 aromatic rings. The number of hydrogen-bond donors (Lipinski definition) is 0. The quantitative estimate of drug-likeness (QED) is 0.491. The van der Waals surface area contributed by atoms with E-state index in [1.165, 1.54) is 18.1 Å². The van der Waals surface area contributed by atoms with E-state index in [1.54, 1.807) is 0 Å². The molecule has 0 aliphatic rings. The van der Waals surface area contributed by atoms with E-state index in [9.17, 15) is 13.2 Å².